The Morgan fingerprint density at radius 3 is 2.30 bits per heavy atom. The summed E-state index contributed by atoms with van der Waals surface area (Å²) >= 11 is 0. The maximum atomic E-state index is 12.8. The van der Waals surface area contributed by atoms with E-state index in [2.05, 4.69) is 6.92 Å². The first kappa shape index (κ1) is 15.5. The van der Waals surface area contributed by atoms with Crippen molar-refractivity contribution in [3.63, 3.8) is 0 Å². The van der Waals surface area contributed by atoms with Crippen LogP contribution in [0.5, 0.6) is 0 Å². The van der Waals surface area contributed by atoms with Gasteiger partial charge in [-0.1, -0.05) is 19.9 Å². The standard InChI is InChI=1S/C16H24O3S/c1-10-7-13(4)16(15(17)8-10)20(18,19)14-6-5-11(2)12(3)9-14/h5-6,9-10,13,15-17H,7-8H2,1-4H3. The molecule has 1 fully saturated rings. The minimum absolute atomic E-state index is 0.0136. The number of hydrogen-bond acceptors (Lipinski definition) is 3. The van der Waals surface area contributed by atoms with Crippen LogP contribution in [0.15, 0.2) is 23.1 Å². The Balaban J connectivity index is 2.41. The highest BCUT2D eigenvalue weighted by molar-refractivity contribution is 7.92. The second-order valence-corrected chi connectivity index (χ2v) is 8.48. The predicted octanol–water partition coefficient (Wildman–Crippen LogP) is 2.87. The Kier molecular flexibility index (Phi) is 4.26. The summed E-state index contributed by atoms with van der Waals surface area (Å²) in [7, 11) is -3.47. The lowest BCUT2D eigenvalue weighted by molar-refractivity contribution is 0.0843. The van der Waals surface area contributed by atoms with Gasteiger partial charge in [0.05, 0.1) is 16.2 Å². The molecule has 1 aromatic rings. The zero-order valence-electron chi connectivity index (χ0n) is 12.6. The Morgan fingerprint density at radius 1 is 1.10 bits per heavy atom. The van der Waals surface area contributed by atoms with Crippen molar-refractivity contribution in [2.24, 2.45) is 11.8 Å². The van der Waals surface area contributed by atoms with Crippen molar-refractivity contribution in [2.45, 2.75) is 56.8 Å². The van der Waals surface area contributed by atoms with Gasteiger partial charge in [0, 0.05) is 0 Å². The number of aryl methyl sites for hydroxylation is 2. The molecule has 4 atom stereocenters. The fraction of sp³-hybridized carbons (Fsp3) is 0.625. The molecule has 1 N–H and O–H groups in total. The lowest BCUT2D eigenvalue weighted by Gasteiger charge is -2.36. The van der Waals surface area contributed by atoms with Crippen LogP contribution in [-0.2, 0) is 9.84 Å². The second-order valence-electron chi connectivity index (χ2n) is 6.38. The van der Waals surface area contributed by atoms with Gasteiger partial charge >= 0.3 is 0 Å². The number of benzene rings is 1. The zero-order chi connectivity index (χ0) is 15.1. The molecule has 0 heterocycles. The van der Waals surface area contributed by atoms with Crippen molar-refractivity contribution in [3.05, 3.63) is 29.3 Å². The van der Waals surface area contributed by atoms with Crippen LogP contribution in [0.1, 0.15) is 37.8 Å². The van der Waals surface area contributed by atoms with Gasteiger partial charge in [-0.15, -0.1) is 0 Å². The molecular formula is C16H24O3S. The summed E-state index contributed by atoms with van der Waals surface area (Å²) in [5.74, 6) is 0.367. The lowest BCUT2D eigenvalue weighted by Crippen LogP contribution is -2.44. The Bertz CT molecular complexity index is 580. The molecule has 1 aliphatic carbocycles. The highest BCUT2D eigenvalue weighted by Gasteiger charge is 2.42. The third-order valence-electron chi connectivity index (χ3n) is 4.52. The molecule has 2 rings (SSSR count). The van der Waals surface area contributed by atoms with Crippen molar-refractivity contribution in [1.29, 1.82) is 0 Å². The topological polar surface area (TPSA) is 54.4 Å². The smallest absolute Gasteiger partial charge is 0.184 e. The van der Waals surface area contributed by atoms with Crippen LogP contribution in [0.25, 0.3) is 0 Å². The average molecular weight is 296 g/mol. The van der Waals surface area contributed by atoms with Crippen LogP contribution in [0, 0.1) is 25.7 Å². The first-order valence-corrected chi connectivity index (χ1v) is 8.77. The molecular weight excluding hydrogens is 272 g/mol. The van der Waals surface area contributed by atoms with Crippen LogP contribution in [0.2, 0.25) is 0 Å². The van der Waals surface area contributed by atoms with Gasteiger partial charge in [0.15, 0.2) is 9.84 Å². The average Bonchev–Trinajstić information content (AvgIpc) is 2.30. The molecule has 3 nitrogen and oxygen atoms in total. The van der Waals surface area contributed by atoms with Crippen LogP contribution in [0.4, 0.5) is 0 Å². The van der Waals surface area contributed by atoms with E-state index in [1.807, 2.05) is 26.8 Å². The number of aliphatic hydroxyl groups excluding tert-OH is 1. The molecule has 0 spiro atoms. The third kappa shape index (κ3) is 2.77. The van der Waals surface area contributed by atoms with Gasteiger partial charge in [0.25, 0.3) is 0 Å². The Hall–Kier alpha value is -0.870. The summed E-state index contributed by atoms with van der Waals surface area (Å²) < 4.78 is 25.6. The maximum absolute atomic E-state index is 12.8. The second kappa shape index (κ2) is 5.49. The minimum atomic E-state index is -3.47. The van der Waals surface area contributed by atoms with Crippen molar-refractivity contribution in [1.82, 2.24) is 0 Å². The van der Waals surface area contributed by atoms with Crippen molar-refractivity contribution in [3.8, 4) is 0 Å². The molecule has 0 saturated heterocycles. The number of rotatable bonds is 2. The number of hydrogen-bond donors (Lipinski definition) is 1. The molecule has 1 aliphatic rings. The molecule has 1 saturated carbocycles. The highest BCUT2D eigenvalue weighted by atomic mass is 32.2. The number of aliphatic hydroxyl groups is 1. The van der Waals surface area contributed by atoms with Gasteiger partial charge in [-0.25, -0.2) is 8.42 Å². The van der Waals surface area contributed by atoms with E-state index in [0.29, 0.717) is 17.2 Å². The maximum Gasteiger partial charge on any atom is 0.184 e. The van der Waals surface area contributed by atoms with Crippen molar-refractivity contribution < 1.29 is 13.5 Å². The van der Waals surface area contributed by atoms with Gasteiger partial charge in [-0.2, -0.15) is 0 Å². The first-order valence-electron chi connectivity index (χ1n) is 7.22. The molecule has 4 unspecified atom stereocenters. The van der Waals surface area contributed by atoms with E-state index in [0.717, 1.165) is 17.5 Å². The highest BCUT2D eigenvalue weighted by Crippen LogP contribution is 2.36. The molecule has 0 radical (unpaired) electrons. The van der Waals surface area contributed by atoms with Gasteiger partial charge in [0.1, 0.15) is 0 Å². The fourth-order valence-electron chi connectivity index (χ4n) is 3.35. The van der Waals surface area contributed by atoms with E-state index in [9.17, 15) is 13.5 Å². The minimum Gasteiger partial charge on any atom is -0.392 e. The summed E-state index contributed by atoms with van der Waals surface area (Å²) in [4.78, 5) is 0.339. The van der Waals surface area contributed by atoms with Gasteiger partial charge < -0.3 is 5.11 Å². The molecule has 112 valence electrons. The zero-order valence-corrected chi connectivity index (χ0v) is 13.4. The van der Waals surface area contributed by atoms with Crippen LogP contribution in [-0.4, -0.2) is 24.9 Å². The molecule has 0 aromatic heterocycles. The quantitative estimate of drug-likeness (QED) is 0.913. The van der Waals surface area contributed by atoms with E-state index in [1.54, 1.807) is 12.1 Å². The monoisotopic (exact) mass is 296 g/mol. The normalized spacial score (nSPS) is 31.2. The summed E-state index contributed by atoms with van der Waals surface area (Å²) in [5, 5.41) is 9.57. The largest absolute Gasteiger partial charge is 0.392 e. The van der Waals surface area contributed by atoms with E-state index in [-0.39, 0.29) is 5.92 Å². The Labute approximate surface area is 121 Å². The molecule has 0 bridgehead atoms. The van der Waals surface area contributed by atoms with E-state index in [4.69, 9.17) is 0 Å². The van der Waals surface area contributed by atoms with Crippen LogP contribution in [0.3, 0.4) is 0 Å². The van der Waals surface area contributed by atoms with Gasteiger partial charge in [0.2, 0.25) is 0 Å². The Morgan fingerprint density at radius 2 is 1.75 bits per heavy atom. The van der Waals surface area contributed by atoms with E-state index < -0.39 is 21.2 Å². The third-order valence-corrected chi connectivity index (χ3v) is 6.93. The van der Waals surface area contributed by atoms with Gasteiger partial charge in [-0.3, -0.25) is 0 Å². The van der Waals surface area contributed by atoms with Crippen LogP contribution >= 0.6 is 0 Å². The summed E-state index contributed by atoms with van der Waals surface area (Å²) in [5.41, 5.74) is 2.05. The summed E-state index contributed by atoms with van der Waals surface area (Å²) in [6.07, 6.45) is 0.658. The van der Waals surface area contributed by atoms with E-state index in [1.165, 1.54) is 0 Å². The molecule has 1 aromatic carbocycles. The predicted molar refractivity (Wildman–Crippen MR) is 80.5 cm³/mol. The molecule has 4 heteroatoms. The molecule has 0 amide bonds. The van der Waals surface area contributed by atoms with Crippen LogP contribution < -0.4 is 0 Å². The molecule has 20 heavy (non-hydrogen) atoms. The van der Waals surface area contributed by atoms with Gasteiger partial charge in [-0.05, 0) is 61.8 Å². The summed E-state index contributed by atoms with van der Waals surface area (Å²) in [6.45, 7) is 7.88. The first-order chi connectivity index (χ1) is 9.23. The SMILES string of the molecule is Cc1ccc(S(=O)(=O)C2C(C)CC(C)CC2O)cc1C. The molecule has 0 aliphatic heterocycles. The number of sulfone groups is 1. The van der Waals surface area contributed by atoms with Crippen molar-refractivity contribution >= 4 is 9.84 Å². The van der Waals surface area contributed by atoms with E-state index >= 15 is 0 Å². The fourth-order valence-corrected chi connectivity index (χ4v) is 5.51. The lowest BCUT2D eigenvalue weighted by atomic mass is 9.81. The van der Waals surface area contributed by atoms with Crippen molar-refractivity contribution in [2.75, 3.05) is 0 Å². The summed E-state index contributed by atoms with van der Waals surface area (Å²) in [6, 6.07) is 5.22.